The molecule has 0 bridgehead atoms. The fraction of sp³-hybridized carbons (Fsp3) is 0.562. The van der Waals surface area contributed by atoms with Crippen molar-refractivity contribution in [2.24, 2.45) is 0 Å². The fourth-order valence-electron chi connectivity index (χ4n) is 2.44. The Morgan fingerprint density at radius 1 is 1.33 bits per heavy atom. The van der Waals surface area contributed by atoms with Crippen molar-refractivity contribution in [1.82, 2.24) is 15.2 Å². The van der Waals surface area contributed by atoms with Crippen LogP contribution in [0, 0.1) is 0 Å². The molecule has 0 unspecified atom stereocenters. The van der Waals surface area contributed by atoms with E-state index < -0.39 is 5.60 Å². The lowest BCUT2D eigenvalue weighted by Gasteiger charge is -2.33. The molecule has 132 valence electrons. The summed E-state index contributed by atoms with van der Waals surface area (Å²) in [4.78, 5) is 29.8. The highest BCUT2D eigenvalue weighted by Crippen LogP contribution is 2.17. The van der Waals surface area contributed by atoms with Crippen LogP contribution in [-0.2, 0) is 4.74 Å². The van der Waals surface area contributed by atoms with Crippen LogP contribution in [0.3, 0.4) is 0 Å². The number of piperidine rings is 1. The van der Waals surface area contributed by atoms with Crippen molar-refractivity contribution < 1.29 is 14.3 Å². The Bertz CT molecular complexity index is 622. The van der Waals surface area contributed by atoms with Gasteiger partial charge in [0.1, 0.15) is 16.6 Å². The Morgan fingerprint density at radius 2 is 1.96 bits per heavy atom. The van der Waals surface area contributed by atoms with Gasteiger partial charge in [-0.25, -0.2) is 9.78 Å². The fourth-order valence-corrected chi connectivity index (χ4v) is 2.59. The maximum Gasteiger partial charge on any atom is 0.410 e. The maximum absolute atomic E-state index is 12.3. The number of rotatable bonds is 2. The van der Waals surface area contributed by atoms with E-state index in [9.17, 15) is 9.59 Å². The number of hydrogen-bond acceptors (Lipinski definition) is 5. The van der Waals surface area contributed by atoms with Crippen molar-refractivity contribution in [3.63, 3.8) is 0 Å². The van der Waals surface area contributed by atoms with Crippen LogP contribution in [0.1, 0.15) is 44.0 Å². The lowest BCUT2D eigenvalue weighted by molar-refractivity contribution is 0.0200. The Hall–Kier alpha value is -2.02. The first kappa shape index (κ1) is 18.3. The molecule has 2 rings (SSSR count). The van der Waals surface area contributed by atoms with Gasteiger partial charge in [-0.05, 0) is 45.7 Å². The van der Waals surface area contributed by atoms with Gasteiger partial charge in [-0.2, -0.15) is 0 Å². The van der Waals surface area contributed by atoms with Crippen molar-refractivity contribution >= 4 is 29.4 Å². The average molecular weight is 355 g/mol. The number of nitrogens with one attached hydrogen (secondary N) is 1. The Balaban J connectivity index is 1.86. The second-order valence-electron chi connectivity index (χ2n) is 6.78. The number of nitrogens with zero attached hydrogens (tertiary/aromatic N) is 2. The molecule has 1 fully saturated rings. The molecule has 8 heteroatoms. The van der Waals surface area contributed by atoms with Gasteiger partial charge in [0.2, 0.25) is 0 Å². The number of nitrogens with two attached hydrogens (primary N) is 1. The zero-order valence-corrected chi connectivity index (χ0v) is 14.9. The minimum absolute atomic E-state index is 0.0220. The molecule has 0 aromatic carbocycles. The third-order valence-electron chi connectivity index (χ3n) is 3.62. The van der Waals surface area contributed by atoms with E-state index in [2.05, 4.69) is 10.3 Å². The van der Waals surface area contributed by atoms with Crippen LogP contribution in [0.25, 0.3) is 0 Å². The SMILES string of the molecule is CC(C)(C)OC(=O)N1CCC(NC(=O)c2ccc(Cl)nc2N)CC1. The Morgan fingerprint density at radius 3 is 2.50 bits per heavy atom. The summed E-state index contributed by atoms with van der Waals surface area (Å²) in [5.74, 6) is -0.182. The zero-order valence-electron chi connectivity index (χ0n) is 14.1. The zero-order chi connectivity index (χ0) is 17.9. The van der Waals surface area contributed by atoms with E-state index in [1.54, 1.807) is 11.0 Å². The van der Waals surface area contributed by atoms with Gasteiger partial charge >= 0.3 is 6.09 Å². The number of ether oxygens (including phenoxy) is 1. The maximum atomic E-state index is 12.3. The second-order valence-corrected chi connectivity index (χ2v) is 7.17. The molecule has 7 nitrogen and oxygen atoms in total. The number of halogens is 1. The van der Waals surface area contributed by atoms with Gasteiger partial charge in [-0.3, -0.25) is 4.79 Å². The van der Waals surface area contributed by atoms with Gasteiger partial charge in [-0.15, -0.1) is 0 Å². The number of pyridine rings is 1. The largest absolute Gasteiger partial charge is 0.444 e. The van der Waals surface area contributed by atoms with Crippen molar-refractivity contribution in [1.29, 1.82) is 0 Å². The molecule has 0 radical (unpaired) electrons. The highest BCUT2D eigenvalue weighted by molar-refractivity contribution is 6.29. The van der Waals surface area contributed by atoms with E-state index in [4.69, 9.17) is 22.1 Å². The Kier molecular flexibility index (Phi) is 5.54. The predicted molar refractivity (Wildman–Crippen MR) is 92.0 cm³/mol. The second kappa shape index (κ2) is 7.25. The van der Waals surface area contributed by atoms with Crippen LogP contribution in [-0.4, -0.2) is 46.6 Å². The van der Waals surface area contributed by atoms with Crippen LogP contribution >= 0.6 is 11.6 Å². The monoisotopic (exact) mass is 354 g/mol. The van der Waals surface area contributed by atoms with E-state index in [0.717, 1.165) is 0 Å². The molecule has 24 heavy (non-hydrogen) atoms. The number of likely N-dealkylation sites (tertiary alicyclic amines) is 1. The van der Waals surface area contributed by atoms with E-state index in [1.165, 1.54) is 6.07 Å². The highest BCUT2D eigenvalue weighted by Gasteiger charge is 2.27. The summed E-state index contributed by atoms with van der Waals surface area (Å²) in [6, 6.07) is 3.06. The first-order chi connectivity index (χ1) is 11.2. The average Bonchev–Trinajstić information content (AvgIpc) is 2.45. The number of carbonyl (C=O) groups excluding carboxylic acids is 2. The molecular weight excluding hydrogens is 332 g/mol. The summed E-state index contributed by atoms with van der Waals surface area (Å²) < 4.78 is 5.35. The van der Waals surface area contributed by atoms with Gasteiger partial charge in [0.25, 0.3) is 5.91 Å². The minimum atomic E-state index is -0.513. The smallest absolute Gasteiger partial charge is 0.410 e. The molecule has 0 aliphatic carbocycles. The van der Waals surface area contributed by atoms with Crippen molar-refractivity contribution in [3.05, 3.63) is 22.8 Å². The quantitative estimate of drug-likeness (QED) is 0.795. The molecule has 3 N–H and O–H groups in total. The molecule has 1 aromatic heterocycles. The van der Waals surface area contributed by atoms with Crippen molar-refractivity contribution in [2.45, 2.75) is 45.3 Å². The molecular formula is C16H23ClN4O3. The minimum Gasteiger partial charge on any atom is -0.444 e. The Labute approximate surface area is 146 Å². The van der Waals surface area contributed by atoms with Crippen LogP contribution in [0.5, 0.6) is 0 Å². The van der Waals surface area contributed by atoms with Gasteiger partial charge < -0.3 is 20.7 Å². The summed E-state index contributed by atoms with van der Waals surface area (Å²) in [7, 11) is 0. The molecule has 0 atom stereocenters. The summed E-state index contributed by atoms with van der Waals surface area (Å²) in [6.45, 7) is 6.58. The number of nitrogen functional groups attached to an aromatic ring is 1. The molecule has 2 heterocycles. The molecule has 1 saturated heterocycles. The van der Waals surface area contributed by atoms with Crippen LogP contribution in [0.2, 0.25) is 5.15 Å². The van der Waals surface area contributed by atoms with Crippen molar-refractivity contribution in [2.75, 3.05) is 18.8 Å². The van der Waals surface area contributed by atoms with E-state index in [-0.39, 0.29) is 29.0 Å². The van der Waals surface area contributed by atoms with Gasteiger partial charge in [0.15, 0.2) is 0 Å². The molecule has 0 spiro atoms. The molecule has 1 aliphatic heterocycles. The van der Waals surface area contributed by atoms with Gasteiger partial charge in [0.05, 0.1) is 5.56 Å². The number of hydrogen-bond donors (Lipinski definition) is 2. The van der Waals surface area contributed by atoms with Crippen molar-refractivity contribution in [3.8, 4) is 0 Å². The van der Waals surface area contributed by atoms with Crippen LogP contribution in [0.15, 0.2) is 12.1 Å². The van der Waals surface area contributed by atoms with E-state index >= 15 is 0 Å². The number of carbonyl (C=O) groups is 2. The lowest BCUT2D eigenvalue weighted by atomic mass is 10.0. The van der Waals surface area contributed by atoms with Gasteiger partial charge in [0, 0.05) is 19.1 Å². The standard InChI is InChI=1S/C16H23ClN4O3/c1-16(2,3)24-15(23)21-8-6-10(7-9-21)19-14(22)11-4-5-12(17)20-13(11)18/h4-5,10H,6-9H2,1-3H3,(H2,18,20)(H,19,22). The molecule has 0 saturated carbocycles. The summed E-state index contributed by atoms with van der Waals surface area (Å²) in [5.41, 5.74) is 5.51. The predicted octanol–water partition coefficient (Wildman–Crippen LogP) is 2.45. The number of anilines is 1. The highest BCUT2D eigenvalue weighted by atomic mass is 35.5. The summed E-state index contributed by atoms with van der Waals surface area (Å²) in [6.07, 6.45) is 0.996. The van der Waals surface area contributed by atoms with E-state index in [0.29, 0.717) is 31.5 Å². The van der Waals surface area contributed by atoms with Crippen LogP contribution < -0.4 is 11.1 Å². The topological polar surface area (TPSA) is 97.5 Å². The van der Waals surface area contributed by atoms with Gasteiger partial charge in [-0.1, -0.05) is 11.6 Å². The molecule has 2 amide bonds. The van der Waals surface area contributed by atoms with Crippen LogP contribution in [0.4, 0.5) is 10.6 Å². The normalized spacial score (nSPS) is 15.9. The summed E-state index contributed by atoms with van der Waals surface area (Å²) in [5, 5.41) is 3.17. The molecule has 1 aromatic rings. The number of aromatic nitrogens is 1. The lowest BCUT2D eigenvalue weighted by Crippen LogP contribution is -2.47. The first-order valence-corrected chi connectivity index (χ1v) is 8.24. The third-order valence-corrected chi connectivity index (χ3v) is 3.83. The number of amides is 2. The first-order valence-electron chi connectivity index (χ1n) is 7.86. The third kappa shape index (κ3) is 4.99. The summed E-state index contributed by atoms with van der Waals surface area (Å²) >= 11 is 5.73. The van der Waals surface area contributed by atoms with E-state index in [1.807, 2.05) is 20.8 Å². The molecule has 1 aliphatic rings.